The zero-order valence-electron chi connectivity index (χ0n) is 6.28. The lowest BCUT2D eigenvalue weighted by molar-refractivity contribution is 0.590. The Hall–Kier alpha value is -0.900. The van der Waals surface area contributed by atoms with Crippen LogP contribution in [0.4, 0.5) is 0 Å². The Balaban J connectivity index is 2.82. The molecule has 0 amide bonds. The van der Waals surface area contributed by atoms with Crippen molar-refractivity contribution in [3.05, 3.63) is 12.2 Å². The summed E-state index contributed by atoms with van der Waals surface area (Å²) in [7, 11) is 1.85. The zero-order valence-corrected chi connectivity index (χ0v) is 6.28. The molecule has 0 aromatic carbocycles. The van der Waals surface area contributed by atoms with E-state index >= 15 is 0 Å². The number of hydrogen-bond acceptors (Lipinski definition) is 3. The fourth-order valence-electron chi connectivity index (χ4n) is 0.823. The molecule has 1 aromatic heterocycles. The van der Waals surface area contributed by atoms with Crippen LogP contribution in [0.25, 0.3) is 0 Å². The second kappa shape index (κ2) is 2.79. The van der Waals surface area contributed by atoms with Crippen molar-refractivity contribution in [1.29, 1.82) is 0 Å². The highest BCUT2D eigenvalue weighted by Gasteiger charge is 2.07. The van der Waals surface area contributed by atoms with Gasteiger partial charge in [0.05, 0.1) is 6.04 Å². The average molecular weight is 140 g/mol. The lowest BCUT2D eigenvalue weighted by atomic mass is 10.2. The van der Waals surface area contributed by atoms with E-state index in [4.69, 9.17) is 5.73 Å². The fourth-order valence-corrected chi connectivity index (χ4v) is 0.823. The zero-order chi connectivity index (χ0) is 7.56. The number of aromatic nitrogens is 3. The summed E-state index contributed by atoms with van der Waals surface area (Å²) in [5.74, 6) is 0.850. The summed E-state index contributed by atoms with van der Waals surface area (Å²) in [6, 6.07) is 0.0208. The third kappa shape index (κ3) is 1.16. The molecule has 56 valence electrons. The number of nitrogens with two attached hydrogens (primary N) is 1. The standard InChI is InChI=1S/C6H12N4/c1-3-5(7)6-8-4-9-10(6)2/h4-5H,3,7H2,1-2H3. The second-order valence-corrected chi connectivity index (χ2v) is 2.26. The quantitative estimate of drug-likeness (QED) is 0.639. The highest BCUT2D eigenvalue weighted by Crippen LogP contribution is 2.07. The normalized spacial score (nSPS) is 13.5. The van der Waals surface area contributed by atoms with E-state index in [1.54, 1.807) is 4.68 Å². The van der Waals surface area contributed by atoms with Gasteiger partial charge in [-0.05, 0) is 6.42 Å². The Bertz CT molecular complexity index is 205. The molecule has 1 atom stereocenters. The van der Waals surface area contributed by atoms with Gasteiger partial charge in [-0.1, -0.05) is 6.92 Å². The summed E-state index contributed by atoms with van der Waals surface area (Å²) in [6.45, 7) is 2.03. The molecule has 2 N–H and O–H groups in total. The van der Waals surface area contributed by atoms with Crippen LogP contribution < -0.4 is 5.73 Å². The van der Waals surface area contributed by atoms with Crippen molar-refractivity contribution < 1.29 is 0 Å². The molecular weight excluding hydrogens is 128 g/mol. The van der Waals surface area contributed by atoms with Crippen LogP contribution in [-0.2, 0) is 7.05 Å². The topological polar surface area (TPSA) is 56.7 Å². The van der Waals surface area contributed by atoms with Crippen LogP contribution in [0.1, 0.15) is 25.2 Å². The summed E-state index contributed by atoms with van der Waals surface area (Å²) in [4.78, 5) is 4.01. The van der Waals surface area contributed by atoms with Crippen LogP contribution >= 0.6 is 0 Å². The molecule has 0 aliphatic carbocycles. The van der Waals surface area contributed by atoms with Crippen LogP contribution in [0, 0.1) is 0 Å². The van der Waals surface area contributed by atoms with E-state index in [-0.39, 0.29) is 6.04 Å². The molecule has 1 unspecified atom stereocenters. The van der Waals surface area contributed by atoms with Gasteiger partial charge in [0.25, 0.3) is 0 Å². The number of hydrogen-bond donors (Lipinski definition) is 1. The molecule has 0 spiro atoms. The van der Waals surface area contributed by atoms with Gasteiger partial charge < -0.3 is 5.73 Å². The lowest BCUT2D eigenvalue weighted by Gasteiger charge is -2.05. The van der Waals surface area contributed by atoms with Gasteiger partial charge in [-0.3, -0.25) is 4.68 Å². The first-order chi connectivity index (χ1) is 4.75. The molecule has 1 heterocycles. The van der Waals surface area contributed by atoms with Crippen LogP contribution in [0.5, 0.6) is 0 Å². The first-order valence-electron chi connectivity index (χ1n) is 3.35. The molecule has 1 aromatic rings. The predicted octanol–water partition coefficient (Wildman–Crippen LogP) is 0.225. The van der Waals surface area contributed by atoms with Gasteiger partial charge in [0.1, 0.15) is 12.2 Å². The van der Waals surface area contributed by atoms with Crippen molar-refractivity contribution in [1.82, 2.24) is 14.8 Å². The smallest absolute Gasteiger partial charge is 0.143 e. The molecule has 1 rings (SSSR count). The Morgan fingerprint density at radius 2 is 2.50 bits per heavy atom. The van der Waals surface area contributed by atoms with Gasteiger partial charge in [0.2, 0.25) is 0 Å². The van der Waals surface area contributed by atoms with Gasteiger partial charge in [-0.25, -0.2) is 4.98 Å². The molecule has 0 fully saturated rings. The third-order valence-electron chi connectivity index (χ3n) is 1.52. The van der Waals surface area contributed by atoms with Gasteiger partial charge in [0, 0.05) is 7.05 Å². The summed E-state index contributed by atoms with van der Waals surface area (Å²) in [6.07, 6.45) is 2.41. The van der Waals surface area contributed by atoms with Crippen molar-refractivity contribution in [2.24, 2.45) is 12.8 Å². The van der Waals surface area contributed by atoms with Crippen LogP contribution in [0.15, 0.2) is 6.33 Å². The Morgan fingerprint density at radius 1 is 1.80 bits per heavy atom. The van der Waals surface area contributed by atoms with Crippen LogP contribution in [0.2, 0.25) is 0 Å². The van der Waals surface area contributed by atoms with Crippen molar-refractivity contribution in [3.63, 3.8) is 0 Å². The van der Waals surface area contributed by atoms with Crippen molar-refractivity contribution in [2.75, 3.05) is 0 Å². The van der Waals surface area contributed by atoms with Gasteiger partial charge in [-0.15, -0.1) is 0 Å². The molecule has 4 nitrogen and oxygen atoms in total. The highest BCUT2D eigenvalue weighted by atomic mass is 15.3. The second-order valence-electron chi connectivity index (χ2n) is 2.26. The molecule has 0 saturated heterocycles. The van der Waals surface area contributed by atoms with E-state index in [9.17, 15) is 0 Å². The summed E-state index contributed by atoms with van der Waals surface area (Å²) in [5, 5.41) is 3.91. The van der Waals surface area contributed by atoms with Gasteiger partial charge in [-0.2, -0.15) is 5.10 Å². The summed E-state index contributed by atoms with van der Waals surface area (Å²) < 4.78 is 1.70. The SMILES string of the molecule is CCC(N)c1ncnn1C. The van der Waals surface area contributed by atoms with Crippen molar-refractivity contribution >= 4 is 0 Å². The maximum absolute atomic E-state index is 5.72. The average Bonchev–Trinajstić information content (AvgIpc) is 2.34. The van der Waals surface area contributed by atoms with Gasteiger partial charge in [0.15, 0.2) is 0 Å². The molecule has 0 aliphatic heterocycles. The van der Waals surface area contributed by atoms with Crippen LogP contribution in [-0.4, -0.2) is 14.8 Å². The molecule has 4 heteroatoms. The largest absolute Gasteiger partial charge is 0.321 e. The van der Waals surface area contributed by atoms with Gasteiger partial charge >= 0.3 is 0 Å². The Kier molecular flexibility index (Phi) is 2.01. The minimum atomic E-state index is 0.0208. The minimum Gasteiger partial charge on any atom is -0.321 e. The third-order valence-corrected chi connectivity index (χ3v) is 1.52. The molecule has 0 saturated carbocycles. The van der Waals surface area contributed by atoms with E-state index in [1.807, 2.05) is 14.0 Å². The number of aryl methyl sites for hydroxylation is 1. The molecule has 10 heavy (non-hydrogen) atoms. The molecule has 0 bridgehead atoms. The molecule has 0 aliphatic rings. The van der Waals surface area contributed by atoms with Crippen LogP contribution in [0.3, 0.4) is 0 Å². The van der Waals surface area contributed by atoms with E-state index < -0.39 is 0 Å². The Labute approximate surface area is 60.1 Å². The minimum absolute atomic E-state index is 0.0208. The first-order valence-corrected chi connectivity index (χ1v) is 3.35. The summed E-state index contributed by atoms with van der Waals surface area (Å²) in [5.41, 5.74) is 5.72. The summed E-state index contributed by atoms with van der Waals surface area (Å²) >= 11 is 0. The molecular formula is C6H12N4. The number of nitrogens with zero attached hydrogens (tertiary/aromatic N) is 3. The number of rotatable bonds is 2. The van der Waals surface area contributed by atoms with E-state index in [2.05, 4.69) is 10.1 Å². The van der Waals surface area contributed by atoms with E-state index in [0.29, 0.717) is 0 Å². The van der Waals surface area contributed by atoms with Crippen molar-refractivity contribution in [2.45, 2.75) is 19.4 Å². The first kappa shape index (κ1) is 7.21. The molecule has 0 radical (unpaired) electrons. The fraction of sp³-hybridized carbons (Fsp3) is 0.667. The monoisotopic (exact) mass is 140 g/mol. The van der Waals surface area contributed by atoms with E-state index in [0.717, 1.165) is 12.2 Å². The maximum Gasteiger partial charge on any atom is 0.143 e. The lowest BCUT2D eigenvalue weighted by Crippen LogP contribution is -2.14. The maximum atomic E-state index is 5.72. The predicted molar refractivity (Wildman–Crippen MR) is 38.2 cm³/mol. The Morgan fingerprint density at radius 3 is 2.90 bits per heavy atom. The highest BCUT2D eigenvalue weighted by molar-refractivity contribution is 4.90. The van der Waals surface area contributed by atoms with E-state index in [1.165, 1.54) is 6.33 Å². The van der Waals surface area contributed by atoms with Crippen molar-refractivity contribution in [3.8, 4) is 0 Å².